The summed E-state index contributed by atoms with van der Waals surface area (Å²) in [5.74, 6) is 2.30. The molecule has 1 aromatic carbocycles. The van der Waals surface area contributed by atoms with Crippen molar-refractivity contribution >= 4 is 11.6 Å². The Morgan fingerprint density at radius 3 is 2.65 bits per heavy atom. The summed E-state index contributed by atoms with van der Waals surface area (Å²) in [6, 6.07) is 4.97. The van der Waals surface area contributed by atoms with E-state index in [2.05, 4.69) is 0 Å². The highest BCUT2D eigenvalue weighted by Crippen LogP contribution is 2.64. The van der Waals surface area contributed by atoms with Crippen molar-refractivity contribution in [3.05, 3.63) is 29.6 Å². The highest BCUT2D eigenvalue weighted by Gasteiger charge is 2.56. The number of methoxy groups -OCH3 is 1. The fourth-order valence-corrected chi connectivity index (χ4v) is 3.93. The Morgan fingerprint density at radius 1 is 1.35 bits per heavy atom. The molecule has 0 amide bonds. The van der Waals surface area contributed by atoms with E-state index in [-0.39, 0.29) is 11.2 Å². The maximum absolute atomic E-state index is 13.9. The van der Waals surface area contributed by atoms with Crippen LogP contribution in [-0.4, -0.2) is 7.11 Å². The van der Waals surface area contributed by atoms with Gasteiger partial charge in [0.2, 0.25) is 0 Å². The first-order valence-electron chi connectivity index (χ1n) is 6.20. The summed E-state index contributed by atoms with van der Waals surface area (Å²) in [7, 11) is 1.54. The third-order valence-corrected chi connectivity index (χ3v) is 4.84. The molecule has 0 N–H and O–H groups in total. The standard InChI is InChI=1S/C14H16ClFO/c1-17-8-5-6-11(12(16)7-8)14(15)13-9-3-2-4-10(9)13/h5-7,9-10,13-14H,2-4H2,1H3. The van der Waals surface area contributed by atoms with Gasteiger partial charge in [-0.2, -0.15) is 0 Å². The van der Waals surface area contributed by atoms with Crippen molar-refractivity contribution in [3.8, 4) is 5.75 Å². The Balaban J connectivity index is 1.80. The lowest BCUT2D eigenvalue weighted by atomic mass is 10.0. The summed E-state index contributed by atoms with van der Waals surface area (Å²) in [6.07, 6.45) is 3.87. The molecular formula is C14H16ClFO. The van der Waals surface area contributed by atoms with Gasteiger partial charge in [-0.3, -0.25) is 0 Å². The van der Waals surface area contributed by atoms with Crippen molar-refractivity contribution < 1.29 is 9.13 Å². The Labute approximate surface area is 106 Å². The van der Waals surface area contributed by atoms with Gasteiger partial charge in [-0.15, -0.1) is 11.6 Å². The third-order valence-electron chi connectivity index (χ3n) is 4.32. The lowest BCUT2D eigenvalue weighted by molar-refractivity contribution is 0.410. The predicted octanol–water partition coefficient (Wildman–Crippen LogP) is 4.16. The molecule has 2 saturated carbocycles. The van der Waals surface area contributed by atoms with Gasteiger partial charge in [0.15, 0.2) is 0 Å². The normalized spacial score (nSPS) is 32.1. The minimum absolute atomic E-state index is 0.170. The van der Waals surface area contributed by atoms with Crippen molar-refractivity contribution in [1.82, 2.24) is 0 Å². The zero-order valence-electron chi connectivity index (χ0n) is 9.83. The molecule has 0 saturated heterocycles. The average molecular weight is 255 g/mol. The minimum Gasteiger partial charge on any atom is -0.497 e. The van der Waals surface area contributed by atoms with E-state index in [4.69, 9.17) is 16.3 Å². The summed E-state index contributed by atoms with van der Waals surface area (Å²) in [5.41, 5.74) is 0.631. The van der Waals surface area contributed by atoms with Crippen LogP contribution in [0.5, 0.6) is 5.75 Å². The van der Waals surface area contributed by atoms with Crippen LogP contribution in [0.1, 0.15) is 30.2 Å². The zero-order valence-corrected chi connectivity index (χ0v) is 10.6. The molecule has 3 atom stereocenters. The minimum atomic E-state index is -0.241. The Morgan fingerprint density at radius 2 is 2.06 bits per heavy atom. The third kappa shape index (κ3) is 1.83. The summed E-state index contributed by atoms with van der Waals surface area (Å²) in [5, 5.41) is -0.170. The quantitative estimate of drug-likeness (QED) is 0.736. The van der Waals surface area contributed by atoms with Gasteiger partial charge in [0.1, 0.15) is 11.6 Å². The Bertz CT molecular complexity index is 424. The van der Waals surface area contributed by atoms with Crippen molar-refractivity contribution in [3.63, 3.8) is 0 Å². The number of fused-ring (bicyclic) bond motifs is 1. The van der Waals surface area contributed by atoms with Crippen LogP contribution in [-0.2, 0) is 0 Å². The van der Waals surface area contributed by atoms with Crippen molar-refractivity contribution in [2.75, 3.05) is 7.11 Å². The molecule has 3 heteroatoms. The summed E-state index contributed by atoms with van der Waals surface area (Å²) in [6.45, 7) is 0. The Hall–Kier alpha value is -0.760. The smallest absolute Gasteiger partial charge is 0.131 e. The SMILES string of the molecule is COc1ccc(C(Cl)C2C3CCCC32)c(F)c1. The van der Waals surface area contributed by atoms with Crippen LogP contribution in [0, 0.1) is 23.6 Å². The molecule has 17 heavy (non-hydrogen) atoms. The number of benzene rings is 1. The molecule has 92 valence electrons. The lowest BCUT2D eigenvalue weighted by Gasteiger charge is -2.13. The van der Waals surface area contributed by atoms with Crippen LogP contribution in [0.4, 0.5) is 4.39 Å². The predicted molar refractivity (Wildman–Crippen MR) is 65.9 cm³/mol. The molecule has 2 fully saturated rings. The van der Waals surface area contributed by atoms with Crippen LogP contribution in [0.25, 0.3) is 0 Å². The molecule has 0 aromatic heterocycles. The summed E-state index contributed by atoms with van der Waals surface area (Å²) >= 11 is 6.43. The monoisotopic (exact) mass is 254 g/mol. The van der Waals surface area contributed by atoms with Crippen LogP contribution in [0.2, 0.25) is 0 Å². The highest BCUT2D eigenvalue weighted by molar-refractivity contribution is 6.21. The van der Waals surface area contributed by atoms with Gasteiger partial charge in [0.25, 0.3) is 0 Å². The Kier molecular flexibility index (Phi) is 2.78. The van der Waals surface area contributed by atoms with E-state index >= 15 is 0 Å². The number of alkyl halides is 1. The van der Waals surface area contributed by atoms with Gasteiger partial charge in [-0.05, 0) is 36.7 Å². The summed E-state index contributed by atoms with van der Waals surface area (Å²) in [4.78, 5) is 0. The van der Waals surface area contributed by atoms with Gasteiger partial charge < -0.3 is 4.74 Å². The van der Waals surface area contributed by atoms with E-state index in [0.717, 1.165) is 11.8 Å². The second-order valence-electron chi connectivity index (χ2n) is 5.13. The molecule has 1 aromatic rings. The van der Waals surface area contributed by atoms with E-state index in [0.29, 0.717) is 17.2 Å². The fourth-order valence-electron chi connectivity index (χ4n) is 3.38. The molecule has 2 aliphatic rings. The van der Waals surface area contributed by atoms with Crippen molar-refractivity contribution in [2.24, 2.45) is 17.8 Å². The first kappa shape index (κ1) is 11.3. The van der Waals surface area contributed by atoms with E-state index < -0.39 is 0 Å². The van der Waals surface area contributed by atoms with E-state index in [9.17, 15) is 4.39 Å². The van der Waals surface area contributed by atoms with Gasteiger partial charge in [-0.25, -0.2) is 4.39 Å². The van der Waals surface area contributed by atoms with Crippen molar-refractivity contribution in [1.29, 1.82) is 0 Å². The molecule has 3 rings (SSSR count). The van der Waals surface area contributed by atoms with Crippen LogP contribution >= 0.6 is 11.6 Å². The van der Waals surface area contributed by atoms with Crippen molar-refractivity contribution in [2.45, 2.75) is 24.6 Å². The molecule has 0 aliphatic heterocycles. The first-order chi connectivity index (χ1) is 8.22. The van der Waals surface area contributed by atoms with E-state index in [1.165, 1.54) is 32.4 Å². The second kappa shape index (κ2) is 4.16. The van der Waals surface area contributed by atoms with Gasteiger partial charge in [-0.1, -0.05) is 12.5 Å². The molecular weight excluding hydrogens is 239 g/mol. The zero-order chi connectivity index (χ0) is 12.0. The number of hydrogen-bond acceptors (Lipinski definition) is 1. The number of rotatable bonds is 3. The summed E-state index contributed by atoms with van der Waals surface area (Å²) < 4.78 is 18.9. The topological polar surface area (TPSA) is 9.23 Å². The van der Waals surface area contributed by atoms with Crippen LogP contribution < -0.4 is 4.74 Å². The molecule has 3 unspecified atom stereocenters. The molecule has 2 aliphatic carbocycles. The largest absolute Gasteiger partial charge is 0.497 e. The van der Waals surface area contributed by atoms with Crippen LogP contribution in [0.3, 0.4) is 0 Å². The maximum atomic E-state index is 13.9. The highest BCUT2D eigenvalue weighted by atomic mass is 35.5. The molecule has 0 radical (unpaired) electrons. The average Bonchev–Trinajstić information content (AvgIpc) is 2.81. The second-order valence-corrected chi connectivity index (χ2v) is 5.60. The molecule has 0 heterocycles. The van der Waals surface area contributed by atoms with Crippen LogP contribution in [0.15, 0.2) is 18.2 Å². The molecule has 0 bridgehead atoms. The van der Waals surface area contributed by atoms with Gasteiger partial charge in [0, 0.05) is 11.6 Å². The van der Waals surface area contributed by atoms with E-state index in [1.807, 2.05) is 0 Å². The fraction of sp³-hybridized carbons (Fsp3) is 0.571. The number of hydrogen-bond donors (Lipinski definition) is 0. The molecule has 0 spiro atoms. The van der Waals surface area contributed by atoms with Gasteiger partial charge >= 0.3 is 0 Å². The van der Waals surface area contributed by atoms with E-state index in [1.54, 1.807) is 12.1 Å². The number of halogens is 2. The van der Waals surface area contributed by atoms with Gasteiger partial charge in [0.05, 0.1) is 12.5 Å². The lowest BCUT2D eigenvalue weighted by Crippen LogP contribution is -2.01. The number of ether oxygens (including phenoxy) is 1. The molecule has 1 nitrogen and oxygen atoms in total. The maximum Gasteiger partial charge on any atom is 0.131 e. The first-order valence-corrected chi connectivity index (χ1v) is 6.63.